The number of aliphatic hydroxyl groups is 1. The van der Waals surface area contributed by atoms with Crippen LogP contribution in [-0.4, -0.2) is 67.3 Å². The predicted molar refractivity (Wildman–Crippen MR) is 180 cm³/mol. The van der Waals surface area contributed by atoms with Gasteiger partial charge in [0.1, 0.15) is 12.8 Å². The summed E-state index contributed by atoms with van der Waals surface area (Å²) in [5, 5.41) is 14.4. The fourth-order valence-electron chi connectivity index (χ4n) is 6.50. The lowest BCUT2D eigenvalue weighted by atomic mass is 9.94. The van der Waals surface area contributed by atoms with E-state index in [1.165, 1.54) is 15.4 Å². The van der Waals surface area contributed by atoms with Gasteiger partial charge in [0.15, 0.2) is 11.9 Å². The Kier molecular flexibility index (Phi) is 8.87. The molecule has 2 aliphatic heterocycles. The number of phosphoric acid groups is 3. The van der Waals surface area contributed by atoms with Gasteiger partial charge >= 0.3 is 35.0 Å². The number of allylic oxidation sites excluding steroid dienone is 1. The zero-order chi connectivity index (χ0) is 36.6. The molecule has 3 aliphatic rings. The largest absolute Gasteiger partial charge is 0.490 e. The lowest BCUT2D eigenvalue weighted by Crippen LogP contribution is -2.42. The van der Waals surface area contributed by atoms with E-state index in [9.17, 15) is 38.2 Å². The Morgan fingerprint density at radius 1 is 1.04 bits per heavy atom. The molecule has 3 aromatic carbocycles. The highest BCUT2D eigenvalue weighted by Gasteiger charge is 2.48. The molecule has 0 saturated carbocycles. The number of H-pyrrole nitrogens is 2. The molecule has 3 heterocycles. The fourth-order valence-corrected chi connectivity index (χ4v) is 9.53. The third-order valence-corrected chi connectivity index (χ3v) is 12.6. The number of carbonyl (C=O) groups is 1. The first-order valence-corrected chi connectivity index (χ1v) is 19.7. The van der Waals surface area contributed by atoms with Gasteiger partial charge in [0, 0.05) is 12.0 Å². The lowest BCUT2D eigenvalue weighted by molar-refractivity contribution is -0.350. The number of phosphoric ester groups is 1. The van der Waals surface area contributed by atoms with Crippen molar-refractivity contribution in [1.82, 2.24) is 4.98 Å². The minimum absolute atomic E-state index is 0.0821. The second-order valence-electron chi connectivity index (χ2n) is 12.2. The van der Waals surface area contributed by atoms with Crippen molar-refractivity contribution in [2.45, 2.75) is 37.7 Å². The van der Waals surface area contributed by atoms with Crippen LogP contribution in [0.1, 0.15) is 40.7 Å². The Morgan fingerprint density at radius 2 is 1.75 bits per heavy atom. The van der Waals surface area contributed by atoms with E-state index in [0.29, 0.717) is 0 Å². The highest BCUT2D eigenvalue weighted by molar-refractivity contribution is 7.66. The van der Waals surface area contributed by atoms with Crippen LogP contribution in [0, 0.1) is 0 Å². The third kappa shape index (κ3) is 7.04. The number of anilines is 3. The average molecular weight is 767 g/mol. The molecule has 0 radical (unpaired) electrons. The van der Waals surface area contributed by atoms with Crippen LogP contribution in [0.15, 0.2) is 53.3 Å². The maximum absolute atomic E-state index is 14.2. The van der Waals surface area contributed by atoms with Gasteiger partial charge in [0.2, 0.25) is 5.82 Å². The van der Waals surface area contributed by atoms with Gasteiger partial charge in [-0.25, -0.2) is 23.7 Å². The van der Waals surface area contributed by atoms with Crippen LogP contribution in [0.4, 0.5) is 17.5 Å². The Labute approximate surface area is 287 Å². The summed E-state index contributed by atoms with van der Waals surface area (Å²) in [7, 11) is -16.9. The first-order valence-electron chi connectivity index (χ1n) is 15.2. The van der Waals surface area contributed by atoms with Gasteiger partial charge in [0.05, 0.1) is 12.7 Å². The minimum Gasteiger partial charge on any atom is -0.390 e. The van der Waals surface area contributed by atoms with Crippen molar-refractivity contribution in [1.29, 1.82) is 0 Å². The molecule has 6 atom stereocenters. The maximum Gasteiger partial charge on any atom is 0.490 e. The Balaban J connectivity index is 1.13. The van der Waals surface area contributed by atoms with Crippen molar-refractivity contribution >= 4 is 74.4 Å². The minimum atomic E-state index is -5.76. The van der Waals surface area contributed by atoms with Crippen molar-refractivity contribution in [3.63, 3.8) is 0 Å². The van der Waals surface area contributed by atoms with Gasteiger partial charge in [-0.05, 0) is 62.9 Å². The van der Waals surface area contributed by atoms with Crippen LogP contribution in [-0.2, 0) is 31.6 Å². The molecule has 22 heteroatoms. The van der Waals surface area contributed by atoms with E-state index in [1.54, 1.807) is 12.1 Å². The van der Waals surface area contributed by atoms with Gasteiger partial charge in [-0.1, -0.05) is 37.3 Å². The van der Waals surface area contributed by atoms with E-state index in [1.807, 2.05) is 18.2 Å². The van der Waals surface area contributed by atoms with Crippen molar-refractivity contribution in [3.8, 4) is 0 Å². The van der Waals surface area contributed by atoms with Crippen LogP contribution >= 0.6 is 23.5 Å². The standard InChI is InChI=1S/C29H30N5O14P3/c1-14-2-3-16-8-17-6-4-15-5-7-18(9-20(15)21(17)10-19(14)16)28(37)34-13-33(26-25(34)27(36)32-29(30)31-26)24-11-22(35)23(46-24)12-45-50(41,42)48-51(43,44)47-49(38,39)40/h2-10,14,22-24,35H,11-13H2,1H3,(H,41,42)(H,43,44)(H2,38,39,40)(H3,30,31,32,36)/p+1. The fraction of sp³-hybridized carbons (Fsp3) is 0.276. The number of aliphatic hydroxyl groups excluding tert-OH is 1. The van der Waals surface area contributed by atoms with Gasteiger partial charge in [0.25, 0.3) is 5.91 Å². The number of nitrogens with two attached hydrogens (primary N) is 1. The average Bonchev–Trinajstić information content (AvgIpc) is 3.71. The number of carbonyl (C=O) groups excluding carboxylic acids is 1. The highest BCUT2D eigenvalue weighted by atomic mass is 31.3. The molecule has 4 aromatic rings. The van der Waals surface area contributed by atoms with E-state index in [2.05, 4.69) is 54.3 Å². The van der Waals surface area contributed by atoms with E-state index in [4.69, 9.17) is 20.3 Å². The molecule has 0 spiro atoms. The summed E-state index contributed by atoms with van der Waals surface area (Å²) in [6.45, 7) is 0.953. The quantitative estimate of drug-likeness (QED) is 0.0951. The van der Waals surface area contributed by atoms with Crippen LogP contribution in [0.25, 0.3) is 27.6 Å². The molecule has 51 heavy (non-hydrogen) atoms. The van der Waals surface area contributed by atoms with Crippen LogP contribution in [0.2, 0.25) is 0 Å². The molecular weight excluding hydrogens is 735 g/mol. The SMILES string of the molecule is CC1C=Cc2cc3ccc4ccc(C(=O)N5CN(C6CC(O)C(COP(=O)(O)OP(=O)(O)OP(=O)(O)O)O6)c6[nH+]c(N)[nH]c(=O)c65)cc4c3cc21. The van der Waals surface area contributed by atoms with Gasteiger partial charge in [-0.15, -0.1) is 0 Å². The first-order chi connectivity index (χ1) is 23.9. The first kappa shape index (κ1) is 35.6. The molecule has 270 valence electrons. The zero-order valence-corrected chi connectivity index (χ0v) is 29.0. The van der Waals surface area contributed by atoms with E-state index >= 15 is 0 Å². The number of fused-ring (bicyclic) bond motifs is 5. The van der Waals surface area contributed by atoms with Gasteiger partial charge in [-0.3, -0.25) is 23.9 Å². The second-order valence-corrected chi connectivity index (χ2v) is 16.6. The topological polar surface area (TPSA) is 286 Å². The monoisotopic (exact) mass is 766 g/mol. The summed E-state index contributed by atoms with van der Waals surface area (Å²) in [5.41, 5.74) is 7.72. The van der Waals surface area contributed by atoms with Crippen molar-refractivity contribution < 1.29 is 66.0 Å². The summed E-state index contributed by atoms with van der Waals surface area (Å²) in [6, 6.07) is 13.5. The smallest absolute Gasteiger partial charge is 0.390 e. The summed E-state index contributed by atoms with van der Waals surface area (Å²) in [4.78, 5) is 72.0. The number of nitrogens with zero attached hydrogens (tertiary/aromatic N) is 2. The normalized spacial score (nSPS) is 23.8. The molecule has 19 nitrogen and oxygen atoms in total. The second kappa shape index (κ2) is 12.7. The molecular formula is C29H31N5O14P3+. The number of hydrogen-bond donors (Lipinski definition) is 7. The molecule has 1 saturated heterocycles. The molecule has 6 unspecified atom stereocenters. The molecule has 9 N–H and O–H groups in total. The van der Waals surface area contributed by atoms with Gasteiger partial charge in [-0.2, -0.15) is 8.62 Å². The van der Waals surface area contributed by atoms with Gasteiger partial charge < -0.3 is 35.2 Å². The Morgan fingerprint density at radius 3 is 2.49 bits per heavy atom. The van der Waals surface area contributed by atoms with Crippen molar-refractivity contribution in [3.05, 3.63) is 75.6 Å². The number of aromatic amines is 2. The summed E-state index contributed by atoms with van der Waals surface area (Å²) in [5.74, 6) is -0.349. The summed E-state index contributed by atoms with van der Waals surface area (Å²) in [6.07, 6.45) is 0.244. The molecule has 1 aliphatic carbocycles. The van der Waals surface area contributed by atoms with E-state index < -0.39 is 60.0 Å². The number of benzene rings is 3. The number of aromatic nitrogens is 2. The van der Waals surface area contributed by atoms with Crippen molar-refractivity contribution in [2.75, 3.05) is 28.8 Å². The Bertz CT molecular complexity index is 2350. The predicted octanol–water partition coefficient (Wildman–Crippen LogP) is 2.45. The van der Waals surface area contributed by atoms with Crippen molar-refractivity contribution in [2.24, 2.45) is 0 Å². The van der Waals surface area contributed by atoms with Crippen LogP contribution in [0.5, 0.6) is 0 Å². The highest BCUT2D eigenvalue weighted by Crippen LogP contribution is 2.66. The van der Waals surface area contributed by atoms with Crippen LogP contribution < -0.4 is 26.1 Å². The lowest BCUT2D eigenvalue weighted by Gasteiger charge is -2.23. The molecule has 0 bridgehead atoms. The number of nitrogen functional groups attached to an aromatic ring is 1. The maximum atomic E-state index is 14.2. The van der Waals surface area contributed by atoms with Crippen LogP contribution in [0.3, 0.4) is 0 Å². The molecule has 7 rings (SSSR count). The number of amides is 1. The summed E-state index contributed by atoms with van der Waals surface area (Å²) >= 11 is 0. The zero-order valence-electron chi connectivity index (χ0n) is 26.4. The molecule has 1 amide bonds. The molecule has 1 fully saturated rings. The van der Waals surface area contributed by atoms with E-state index in [0.717, 1.165) is 27.1 Å². The molecule has 1 aromatic heterocycles. The number of nitrogens with one attached hydrogen (secondary N) is 2. The number of hydrogen-bond acceptors (Lipinski definition) is 12. The summed E-state index contributed by atoms with van der Waals surface area (Å²) < 4.78 is 52.6. The number of rotatable bonds is 9. The number of ether oxygens (including phenoxy) is 1. The van der Waals surface area contributed by atoms with E-state index in [-0.39, 0.29) is 42.0 Å². The third-order valence-electron chi connectivity index (χ3n) is 8.75. The Hall–Kier alpha value is -3.80.